The molecular weight excluding hydrogens is 780 g/mol. The highest BCUT2D eigenvalue weighted by atomic mass is 16.5. The van der Waals surface area contributed by atoms with Crippen molar-refractivity contribution in [1.82, 2.24) is 30.4 Å². The molecule has 18 heteroatoms. The van der Waals surface area contributed by atoms with Crippen molar-refractivity contribution in [2.24, 2.45) is 12.5 Å². The maximum atomic E-state index is 13.4. The topological polar surface area (TPSA) is 223 Å². The van der Waals surface area contributed by atoms with E-state index in [0.29, 0.717) is 40.4 Å². The minimum Gasteiger partial charge on any atom is -0.496 e. The zero-order valence-electron chi connectivity index (χ0n) is 35.1. The highest BCUT2D eigenvalue weighted by Crippen LogP contribution is 2.36. The zero-order valence-corrected chi connectivity index (χ0v) is 35.1. The highest BCUT2D eigenvalue weighted by molar-refractivity contribution is 6.24. The minimum absolute atomic E-state index is 0.0106. The third kappa shape index (κ3) is 10.3. The molecule has 2 aromatic carbocycles. The molecule has 2 atom stereocenters. The summed E-state index contributed by atoms with van der Waals surface area (Å²) in [7, 11) is 4.68. The van der Waals surface area contributed by atoms with E-state index >= 15 is 0 Å². The molecule has 2 unspecified atom stereocenters. The average molecular weight is 833 g/mol. The first-order valence-electron chi connectivity index (χ1n) is 19.4. The molecule has 1 saturated heterocycles. The Kier molecular flexibility index (Phi) is 14.1. The Balaban J connectivity index is 1.07. The maximum absolute atomic E-state index is 13.4. The summed E-state index contributed by atoms with van der Waals surface area (Å²) < 4.78 is 30.2. The number of nitrogens with one attached hydrogen (secondary N) is 3. The average Bonchev–Trinajstić information content (AvgIpc) is 3.46. The molecule has 3 N–H and O–H groups in total. The second-order valence-electron chi connectivity index (χ2n) is 15.8. The summed E-state index contributed by atoms with van der Waals surface area (Å²) in [5.41, 5.74) is 0.691. The van der Waals surface area contributed by atoms with Crippen LogP contribution in [-0.2, 0) is 42.3 Å². The number of piperidine rings is 1. The Morgan fingerprint density at radius 2 is 1.63 bits per heavy atom. The van der Waals surface area contributed by atoms with Crippen molar-refractivity contribution in [3.8, 4) is 28.5 Å². The molecule has 0 saturated carbocycles. The number of benzene rings is 2. The van der Waals surface area contributed by atoms with Crippen LogP contribution in [0, 0.1) is 12.3 Å². The highest BCUT2D eigenvalue weighted by Gasteiger charge is 2.46. The number of methoxy groups -OCH3 is 2. The van der Waals surface area contributed by atoms with Gasteiger partial charge in [-0.25, -0.2) is 4.98 Å². The van der Waals surface area contributed by atoms with Crippen LogP contribution >= 0.6 is 0 Å². The summed E-state index contributed by atoms with van der Waals surface area (Å²) in [4.78, 5) is 93.8. The van der Waals surface area contributed by atoms with Crippen LogP contribution in [0.4, 0.5) is 0 Å². The Labute approximate surface area is 347 Å². The van der Waals surface area contributed by atoms with E-state index in [1.54, 1.807) is 32.3 Å². The lowest BCUT2D eigenvalue weighted by molar-refractivity contribution is -0.136. The molecule has 0 bridgehead atoms. The summed E-state index contributed by atoms with van der Waals surface area (Å²) in [5.74, 6) is -2.51. The van der Waals surface area contributed by atoms with E-state index in [2.05, 4.69) is 20.9 Å². The number of aromatic nitrogens is 2. The van der Waals surface area contributed by atoms with Crippen molar-refractivity contribution >= 4 is 35.4 Å². The van der Waals surface area contributed by atoms with Crippen LogP contribution in [0.5, 0.6) is 17.2 Å². The van der Waals surface area contributed by atoms with Crippen LogP contribution in [-0.4, -0.2) is 109 Å². The zero-order chi connectivity index (χ0) is 43.9. The van der Waals surface area contributed by atoms with E-state index in [0.717, 1.165) is 4.90 Å². The number of imide groups is 2. The van der Waals surface area contributed by atoms with Gasteiger partial charge in [-0.2, -0.15) is 0 Å². The van der Waals surface area contributed by atoms with Gasteiger partial charge in [-0.05, 0) is 51.0 Å². The van der Waals surface area contributed by atoms with Gasteiger partial charge in [0.25, 0.3) is 23.3 Å². The van der Waals surface area contributed by atoms with Crippen LogP contribution in [0.25, 0.3) is 11.3 Å². The second kappa shape index (κ2) is 18.8. The third-order valence-electron chi connectivity index (χ3n) is 10.3. The van der Waals surface area contributed by atoms with Gasteiger partial charge >= 0.3 is 0 Å². The fourth-order valence-electron chi connectivity index (χ4n) is 6.75. The third-order valence-corrected chi connectivity index (χ3v) is 10.3. The number of rotatable bonds is 19. The van der Waals surface area contributed by atoms with Crippen LogP contribution in [0.15, 0.2) is 41.3 Å². The van der Waals surface area contributed by atoms with Gasteiger partial charge in [0.2, 0.25) is 17.7 Å². The predicted octanol–water partition coefficient (Wildman–Crippen LogP) is 2.21. The van der Waals surface area contributed by atoms with Crippen molar-refractivity contribution in [2.75, 3.05) is 47.2 Å². The fourth-order valence-corrected chi connectivity index (χ4v) is 6.75. The number of fused-ring (bicyclic) bond motifs is 1. The SMILES string of the molecule is CCC(C)(COCC(C)(C)CNC(=O)COCc1c(OC)cc(-c2cn(C)c(=O)c(C)n2)cc1OC)NC(=O)COc1cccc2c1C(=O)N(C1CCC(=O)NC1=O)C2=O. The van der Waals surface area contributed by atoms with Crippen LogP contribution in [0.1, 0.15) is 78.9 Å². The van der Waals surface area contributed by atoms with Gasteiger partial charge in [-0.1, -0.05) is 26.8 Å². The van der Waals surface area contributed by atoms with Crippen molar-refractivity contribution in [3.05, 3.63) is 69.3 Å². The second-order valence-corrected chi connectivity index (χ2v) is 15.8. The lowest BCUT2D eigenvalue weighted by Crippen LogP contribution is -2.54. The monoisotopic (exact) mass is 832 g/mol. The molecule has 60 heavy (non-hydrogen) atoms. The van der Waals surface area contributed by atoms with Gasteiger partial charge < -0.3 is 38.9 Å². The molecule has 5 rings (SSSR count). The number of hydrogen-bond donors (Lipinski definition) is 3. The Hall–Kier alpha value is -6.14. The Bertz CT molecular complexity index is 2180. The van der Waals surface area contributed by atoms with Gasteiger partial charge in [0, 0.05) is 37.2 Å². The molecule has 0 spiro atoms. The van der Waals surface area contributed by atoms with Crippen LogP contribution in [0.2, 0.25) is 0 Å². The molecule has 3 heterocycles. The molecule has 2 aliphatic heterocycles. The molecule has 1 fully saturated rings. The van der Waals surface area contributed by atoms with Gasteiger partial charge in [0.1, 0.15) is 35.6 Å². The van der Waals surface area contributed by atoms with E-state index in [9.17, 15) is 33.6 Å². The summed E-state index contributed by atoms with van der Waals surface area (Å²) in [6, 6.07) is 6.82. The first kappa shape index (κ1) is 45.0. The first-order chi connectivity index (χ1) is 28.4. The number of carbonyl (C=O) groups is 6. The normalized spacial score (nSPS) is 16.2. The molecular formula is C42H52N6O12. The molecule has 18 nitrogen and oxygen atoms in total. The van der Waals surface area contributed by atoms with Crippen LogP contribution < -0.4 is 35.7 Å². The molecule has 3 aromatic rings. The molecule has 0 radical (unpaired) electrons. The Morgan fingerprint density at radius 1 is 0.933 bits per heavy atom. The summed E-state index contributed by atoms with van der Waals surface area (Å²) in [6.07, 6.45) is 2.14. The number of amides is 6. The minimum atomic E-state index is -1.13. The van der Waals surface area contributed by atoms with E-state index < -0.39 is 53.1 Å². The lowest BCUT2D eigenvalue weighted by atomic mass is 9.94. The first-order valence-corrected chi connectivity index (χ1v) is 19.4. The van der Waals surface area contributed by atoms with Crippen molar-refractivity contribution in [2.45, 2.75) is 72.1 Å². The smallest absolute Gasteiger partial charge is 0.271 e. The lowest BCUT2D eigenvalue weighted by Gasteiger charge is -2.32. The number of carbonyl (C=O) groups excluding carboxylic acids is 6. The summed E-state index contributed by atoms with van der Waals surface area (Å²) in [6.45, 7) is 9.18. The molecule has 1 aromatic heterocycles. The van der Waals surface area contributed by atoms with Gasteiger partial charge in [0.15, 0.2) is 6.61 Å². The van der Waals surface area contributed by atoms with E-state index in [1.807, 2.05) is 27.7 Å². The summed E-state index contributed by atoms with van der Waals surface area (Å²) >= 11 is 0. The van der Waals surface area contributed by atoms with Gasteiger partial charge in [-0.3, -0.25) is 43.8 Å². The van der Waals surface area contributed by atoms with Crippen molar-refractivity contribution in [3.63, 3.8) is 0 Å². The van der Waals surface area contributed by atoms with E-state index in [-0.39, 0.29) is 74.2 Å². The fraction of sp³-hybridized carbons (Fsp3) is 0.476. The number of aryl methyl sites for hydroxylation is 2. The maximum Gasteiger partial charge on any atom is 0.271 e. The van der Waals surface area contributed by atoms with Crippen molar-refractivity contribution in [1.29, 1.82) is 0 Å². The van der Waals surface area contributed by atoms with E-state index in [4.69, 9.17) is 23.7 Å². The summed E-state index contributed by atoms with van der Waals surface area (Å²) in [5, 5.41) is 7.96. The van der Waals surface area contributed by atoms with E-state index in [1.165, 1.54) is 37.0 Å². The quantitative estimate of drug-likeness (QED) is 0.148. The van der Waals surface area contributed by atoms with Crippen molar-refractivity contribution < 1.29 is 52.5 Å². The predicted molar refractivity (Wildman–Crippen MR) is 215 cm³/mol. The van der Waals surface area contributed by atoms with Gasteiger partial charge in [-0.15, -0.1) is 0 Å². The largest absolute Gasteiger partial charge is 0.496 e. The molecule has 322 valence electrons. The van der Waals surface area contributed by atoms with Gasteiger partial charge in [0.05, 0.1) is 62.0 Å². The Morgan fingerprint density at radius 3 is 2.27 bits per heavy atom. The molecule has 2 aliphatic rings. The number of hydrogen-bond acceptors (Lipinski definition) is 13. The standard InChI is InChI=1S/C42H52N6O12/c1-9-42(5,46-35(51)20-60-30-12-10-11-26-36(30)40(55)48(39(26)54)29-13-14-33(49)45-37(29)52)23-59-22-41(3,4)21-43-34(50)19-58-18-27-31(56-7)15-25(16-32(27)57-8)28-17-47(6)38(53)24(2)44-28/h10-12,15-17,29H,9,13-14,18-23H2,1-8H3,(H,43,50)(H,46,51)(H,45,49,52). The van der Waals surface area contributed by atoms with Crippen LogP contribution in [0.3, 0.4) is 0 Å². The number of nitrogens with zero attached hydrogens (tertiary/aromatic N) is 3. The molecule has 6 amide bonds. The number of ether oxygens (including phenoxy) is 5. The molecule has 0 aliphatic carbocycles.